The van der Waals surface area contributed by atoms with Crippen molar-refractivity contribution in [2.24, 2.45) is 0 Å². The quantitative estimate of drug-likeness (QED) is 0.499. The Morgan fingerprint density at radius 2 is 1.36 bits per heavy atom. The number of nitrogens with zero attached hydrogens (tertiary/aromatic N) is 2. The van der Waals surface area contributed by atoms with Crippen molar-refractivity contribution >= 4 is 21.6 Å². The Morgan fingerprint density at radius 3 is 1.85 bits per heavy atom. The minimum absolute atomic E-state index is 0.0274. The molecule has 0 spiro atoms. The van der Waals surface area contributed by atoms with Crippen LogP contribution in [0.25, 0.3) is 0 Å². The summed E-state index contributed by atoms with van der Waals surface area (Å²) in [5.74, 6) is -0.455. The minimum Gasteiger partial charge on any atom is -0.495 e. The first-order valence-electron chi connectivity index (χ1n) is 10.4. The Kier molecular flexibility index (Phi) is 6.99. The van der Waals surface area contributed by atoms with Gasteiger partial charge in [0.05, 0.1) is 13.2 Å². The van der Waals surface area contributed by atoms with E-state index in [4.69, 9.17) is 16.3 Å². The first-order valence-corrected chi connectivity index (χ1v) is 12.2. The van der Waals surface area contributed by atoms with Gasteiger partial charge in [0, 0.05) is 31.2 Å². The molecule has 0 bridgehead atoms. The van der Waals surface area contributed by atoms with Crippen LogP contribution in [0.2, 0.25) is 5.02 Å². The SMILES string of the molecule is COc1ccc(Cl)cc1S(=O)(=O)N1CCN(C(c2ccc(F)cc2)c2ccc(F)cc2)CC1. The van der Waals surface area contributed by atoms with Gasteiger partial charge in [-0.2, -0.15) is 4.31 Å². The van der Waals surface area contributed by atoms with E-state index in [9.17, 15) is 17.2 Å². The predicted octanol–water partition coefficient (Wildman–Crippen LogP) is 4.72. The van der Waals surface area contributed by atoms with Gasteiger partial charge >= 0.3 is 0 Å². The summed E-state index contributed by atoms with van der Waals surface area (Å²) >= 11 is 6.04. The largest absolute Gasteiger partial charge is 0.495 e. The van der Waals surface area contributed by atoms with E-state index >= 15 is 0 Å². The standard InChI is InChI=1S/C24H23ClF2N2O3S/c1-32-22-11-6-19(25)16-23(22)33(30,31)29-14-12-28(13-15-29)24(17-2-7-20(26)8-3-17)18-4-9-21(27)10-5-18/h2-11,16,24H,12-15H2,1H3. The molecule has 5 nitrogen and oxygen atoms in total. The molecule has 0 unspecified atom stereocenters. The van der Waals surface area contributed by atoms with Crippen molar-refractivity contribution < 1.29 is 21.9 Å². The molecule has 1 fully saturated rings. The van der Waals surface area contributed by atoms with E-state index in [1.807, 2.05) is 0 Å². The van der Waals surface area contributed by atoms with Crippen LogP contribution in [0, 0.1) is 11.6 Å². The molecule has 174 valence electrons. The lowest BCUT2D eigenvalue weighted by atomic mass is 9.96. The molecule has 0 aromatic heterocycles. The monoisotopic (exact) mass is 492 g/mol. The molecule has 0 radical (unpaired) electrons. The fraction of sp³-hybridized carbons (Fsp3) is 0.250. The summed E-state index contributed by atoms with van der Waals surface area (Å²) in [5, 5.41) is 0.306. The minimum atomic E-state index is -3.82. The van der Waals surface area contributed by atoms with Crippen LogP contribution in [0.3, 0.4) is 0 Å². The van der Waals surface area contributed by atoms with Gasteiger partial charge in [-0.05, 0) is 53.6 Å². The van der Waals surface area contributed by atoms with Crippen LogP contribution in [0.15, 0.2) is 71.6 Å². The molecule has 0 atom stereocenters. The molecular formula is C24H23ClF2N2O3S. The van der Waals surface area contributed by atoms with E-state index in [2.05, 4.69) is 4.90 Å². The lowest BCUT2D eigenvalue weighted by molar-refractivity contribution is 0.155. The van der Waals surface area contributed by atoms with Gasteiger partial charge in [-0.1, -0.05) is 35.9 Å². The molecule has 4 rings (SSSR count). The summed E-state index contributed by atoms with van der Waals surface area (Å²) in [6, 6.07) is 16.6. The number of hydrogen-bond donors (Lipinski definition) is 0. The van der Waals surface area contributed by atoms with Gasteiger partial charge in [0.1, 0.15) is 22.3 Å². The number of piperazine rings is 1. The molecular weight excluding hydrogens is 470 g/mol. The Morgan fingerprint density at radius 1 is 0.848 bits per heavy atom. The number of rotatable bonds is 6. The average molecular weight is 493 g/mol. The number of methoxy groups -OCH3 is 1. The molecule has 0 amide bonds. The van der Waals surface area contributed by atoms with E-state index in [1.54, 1.807) is 30.3 Å². The Balaban J connectivity index is 1.59. The van der Waals surface area contributed by atoms with Crippen LogP contribution in [0.1, 0.15) is 17.2 Å². The van der Waals surface area contributed by atoms with Crippen molar-refractivity contribution in [3.05, 3.63) is 94.5 Å². The highest BCUT2D eigenvalue weighted by Crippen LogP contribution is 2.33. The molecule has 0 saturated carbocycles. The number of halogens is 3. The first-order chi connectivity index (χ1) is 15.8. The van der Waals surface area contributed by atoms with Gasteiger partial charge < -0.3 is 4.74 Å². The van der Waals surface area contributed by atoms with Crippen molar-refractivity contribution in [1.82, 2.24) is 9.21 Å². The third-order valence-electron chi connectivity index (χ3n) is 5.75. The van der Waals surface area contributed by atoms with Gasteiger partial charge in [0.15, 0.2) is 0 Å². The van der Waals surface area contributed by atoms with Crippen molar-refractivity contribution in [2.45, 2.75) is 10.9 Å². The second kappa shape index (κ2) is 9.77. The maximum Gasteiger partial charge on any atom is 0.246 e. The summed E-state index contributed by atoms with van der Waals surface area (Å²) in [4.78, 5) is 2.14. The zero-order valence-electron chi connectivity index (χ0n) is 17.9. The molecule has 3 aromatic rings. The number of ether oxygens (including phenoxy) is 1. The maximum absolute atomic E-state index is 13.5. The zero-order chi connectivity index (χ0) is 23.6. The lowest BCUT2D eigenvalue weighted by Gasteiger charge is -2.39. The zero-order valence-corrected chi connectivity index (χ0v) is 19.5. The second-order valence-corrected chi connectivity index (χ2v) is 10.1. The number of sulfonamides is 1. The van der Waals surface area contributed by atoms with Crippen molar-refractivity contribution in [3.8, 4) is 5.75 Å². The molecule has 33 heavy (non-hydrogen) atoms. The van der Waals surface area contributed by atoms with Crippen LogP contribution in [0.5, 0.6) is 5.75 Å². The second-order valence-electron chi connectivity index (χ2n) is 7.74. The fourth-order valence-corrected chi connectivity index (χ4v) is 5.94. The Bertz CT molecular complexity index is 1170. The van der Waals surface area contributed by atoms with Crippen LogP contribution in [-0.4, -0.2) is 50.9 Å². The third kappa shape index (κ3) is 5.04. The predicted molar refractivity (Wildman–Crippen MR) is 123 cm³/mol. The number of benzene rings is 3. The van der Waals surface area contributed by atoms with Crippen LogP contribution in [-0.2, 0) is 10.0 Å². The molecule has 1 saturated heterocycles. The lowest BCUT2D eigenvalue weighted by Crippen LogP contribution is -2.49. The van der Waals surface area contributed by atoms with Crippen LogP contribution >= 0.6 is 11.6 Å². The van der Waals surface area contributed by atoms with E-state index in [0.29, 0.717) is 18.1 Å². The summed E-state index contributed by atoms with van der Waals surface area (Å²) < 4.78 is 60.3. The number of hydrogen-bond acceptors (Lipinski definition) is 4. The summed E-state index contributed by atoms with van der Waals surface area (Å²) in [6.07, 6.45) is 0. The van der Waals surface area contributed by atoms with Gasteiger partial charge in [0.2, 0.25) is 10.0 Å². The first kappa shape index (κ1) is 23.6. The fourth-order valence-electron chi connectivity index (χ4n) is 4.10. The Labute approximate surface area is 197 Å². The van der Waals surface area contributed by atoms with E-state index in [-0.39, 0.29) is 41.4 Å². The summed E-state index contributed by atoms with van der Waals surface area (Å²) in [7, 11) is -2.41. The molecule has 3 aromatic carbocycles. The highest BCUT2D eigenvalue weighted by molar-refractivity contribution is 7.89. The molecule has 1 aliphatic rings. The highest BCUT2D eigenvalue weighted by Gasteiger charge is 2.34. The van der Waals surface area contributed by atoms with E-state index in [1.165, 1.54) is 47.8 Å². The summed E-state index contributed by atoms with van der Waals surface area (Å²) in [5.41, 5.74) is 1.69. The molecule has 1 aliphatic heterocycles. The molecule has 0 aliphatic carbocycles. The van der Waals surface area contributed by atoms with Gasteiger partial charge in [-0.15, -0.1) is 0 Å². The van der Waals surface area contributed by atoms with Crippen LogP contribution in [0.4, 0.5) is 8.78 Å². The smallest absolute Gasteiger partial charge is 0.246 e. The third-order valence-corrected chi connectivity index (χ3v) is 7.91. The van der Waals surface area contributed by atoms with Crippen LogP contribution < -0.4 is 4.74 Å². The van der Waals surface area contributed by atoms with Gasteiger partial charge in [-0.3, -0.25) is 4.90 Å². The van der Waals surface area contributed by atoms with Crippen molar-refractivity contribution in [3.63, 3.8) is 0 Å². The van der Waals surface area contributed by atoms with E-state index in [0.717, 1.165) is 11.1 Å². The normalized spacial score (nSPS) is 15.7. The molecule has 0 N–H and O–H groups in total. The van der Waals surface area contributed by atoms with Gasteiger partial charge in [0.25, 0.3) is 0 Å². The summed E-state index contributed by atoms with van der Waals surface area (Å²) in [6.45, 7) is 1.36. The molecule has 9 heteroatoms. The highest BCUT2D eigenvalue weighted by atomic mass is 35.5. The van der Waals surface area contributed by atoms with E-state index < -0.39 is 10.0 Å². The topological polar surface area (TPSA) is 49.9 Å². The van der Waals surface area contributed by atoms with Crippen molar-refractivity contribution in [2.75, 3.05) is 33.3 Å². The Hall–Kier alpha value is -2.52. The average Bonchev–Trinajstić information content (AvgIpc) is 2.82. The van der Waals surface area contributed by atoms with Gasteiger partial charge in [-0.25, -0.2) is 17.2 Å². The maximum atomic E-state index is 13.5. The molecule has 1 heterocycles. The van der Waals surface area contributed by atoms with Crippen molar-refractivity contribution in [1.29, 1.82) is 0 Å².